The van der Waals surface area contributed by atoms with Crippen molar-refractivity contribution < 1.29 is 19.1 Å². The molecule has 2 aromatic carbocycles. The van der Waals surface area contributed by atoms with Crippen molar-refractivity contribution in [3.8, 4) is 11.5 Å². The third-order valence-corrected chi connectivity index (χ3v) is 3.27. The van der Waals surface area contributed by atoms with E-state index >= 15 is 0 Å². The van der Waals surface area contributed by atoms with Gasteiger partial charge in [0.05, 0.1) is 9.13 Å². The highest BCUT2D eigenvalue weighted by Crippen LogP contribution is 2.27. The lowest BCUT2D eigenvalue weighted by molar-refractivity contribution is -0.131. The van der Waals surface area contributed by atoms with Gasteiger partial charge in [-0.25, -0.2) is 4.79 Å². The molecule has 0 fully saturated rings. The average molecular weight is 382 g/mol. The maximum absolute atomic E-state index is 11.9. The van der Waals surface area contributed by atoms with E-state index in [1.165, 1.54) is 13.0 Å². The molecule has 0 saturated carbocycles. The molecule has 0 unspecified atom stereocenters. The van der Waals surface area contributed by atoms with Crippen LogP contribution in [0, 0.1) is 3.57 Å². The van der Waals surface area contributed by atoms with Gasteiger partial charge in [-0.1, -0.05) is 18.2 Å². The summed E-state index contributed by atoms with van der Waals surface area (Å²) in [5.41, 5.74) is 0.458. The maximum atomic E-state index is 11.9. The summed E-state index contributed by atoms with van der Waals surface area (Å²) in [7, 11) is 0. The Morgan fingerprint density at radius 2 is 1.70 bits per heavy atom. The fourth-order valence-corrected chi connectivity index (χ4v) is 1.97. The summed E-state index contributed by atoms with van der Waals surface area (Å²) in [6.07, 6.45) is 0. The minimum atomic E-state index is -0.458. The Labute approximate surface area is 129 Å². The standard InChI is InChI=1S/C15H11IO4/c1-10(17)19-14-9-12(7-8-13(14)16)20-15(18)11-5-3-2-4-6-11/h2-9H,1H3. The van der Waals surface area contributed by atoms with Crippen LogP contribution < -0.4 is 9.47 Å². The van der Waals surface area contributed by atoms with Crippen LogP contribution in [0.5, 0.6) is 11.5 Å². The zero-order valence-corrected chi connectivity index (χ0v) is 12.8. The molecule has 20 heavy (non-hydrogen) atoms. The normalized spacial score (nSPS) is 9.90. The van der Waals surface area contributed by atoms with Crippen molar-refractivity contribution in [3.63, 3.8) is 0 Å². The Morgan fingerprint density at radius 3 is 2.35 bits per heavy atom. The molecule has 0 spiro atoms. The zero-order valence-electron chi connectivity index (χ0n) is 10.6. The van der Waals surface area contributed by atoms with Gasteiger partial charge in [-0.2, -0.15) is 0 Å². The van der Waals surface area contributed by atoms with Crippen LogP contribution in [0.15, 0.2) is 48.5 Å². The molecule has 5 heteroatoms. The molecule has 2 rings (SSSR count). The van der Waals surface area contributed by atoms with Crippen LogP contribution in [0.4, 0.5) is 0 Å². The van der Waals surface area contributed by atoms with E-state index in [2.05, 4.69) is 0 Å². The van der Waals surface area contributed by atoms with Gasteiger partial charge in [0.25, 0.3) is 0 Å². The molecule has 0 aliphatic heterocycles. The van der Waals surface area contributed by atoms with E-state index in [1.807, 2.05) is 28.7 Å². The van der Waals surface area contributed by atoms with Crippen molar-refractivity contribution in [1.82, 2.24) is 0 Å². The van der Waals surface area contributed by atoms with Crippen molar-refractivity contribution in [3.05, 3.63) is 57.7 Å². The van der Waals surface area contributed by atoms with E-state index in [9.17, 15) is 9.59 Å². The van der Waals surface area contributed by atoms with Crippen LogP contribution in [0.3, 0.4) is 0 Å². The first-order valence-corrected chi connectivity index (χ1v) is 6.89. The molecule has 4 nitrogen and oxygen atoms in total. The van der Waals surface area contributed by atoms with E-state index < -0.39 is 11.9 Å². The van der Waals surface area contributed by atoms with Gasteiger partial charge in [0, 0.05) is 13.0 Å². The Balaban J connectivity index is 2.18. The van der Waals surface area contributed by atoms with Crippen molar-refractivity contribution in [1.29, 1.82) is 0 Å². The lowest BCUT2D eigenvalue weighted by atomic mass is 10.2. The molecule has 0 radical (unpaired) electrons. The molecule has 0 saturated heterocycles. The summed E-state index contributed by atoms with van der Waals surface area (Å²) in [4.78, 5) is 22.9. The fourth-order valence-electron chi connectivity index (χ4n) is 1.52. The number of halogens is 1. The van der Waals surface area contributed by atoms with Crippen LogP contribution in [0.1, 0.15) is 17.3 Å². The number of benzene rings is 2. The van der Waals surface area contributed by atoms with E-state index in [1.54, 1.807) is 36.4 Å². The van der Waals surface area contributed by atoms with E-state index in [0.717, 1.165) is 3.57 Å². The minimum Gasteiger partial charge on any atom is -0.425 e. The first kappa shape index (κ1) is 14.5. The van der Waals surface area contributed by atoms with Gasteiger partial charge in [0.15, 0.2) is 0 Å². The van der Waals surface area contributed by atoms with Gasteiger partial charge in [0.2, 0.25) is 0 Å². The summed E-state index contributed by atoms with van der Waals surface area (Å²) in [6, 6.07) is 13.6. The molecule has 102 valence electrons. The van der Waals surface area contributed by atoms with Crippen molar-refractivity contribution in [2.45, 2.75) is 6.92 Å². The van der Waals surface area contributed by atoms with E-state index in [-0.39, 0.29) is 0 Å². The molecule has 0 aromatic heterocycles. The highest BCUT2D eigenvalue weighted by molar-refractivity contribution is 14.1. The fraction of sp³-hybridized carbons (Fsp3) is 0.0667. The number of hydrogen-bond acceptors (Lipinski definition) is 4. The van der Waals surface area contributed by atoms with Crippen molar-refractivity contribution in [2.75, 3.05) is 0 Å². The van der Waals surface area contributed by atoms with Crippen LogP contribution in [0.25, 0.3) is 0 Å². The predicted octanol–water partition coefficient (Wildman–Crippen LogP) is 3.44. The number of carbonyl (C=O) groups excluding carboxylic acids is 2. The number of carbonyl (C=O) groups is 2. The Kier molecular flexibility index (Phi) is 4.73. The number of rotatable bonds is 3. The maximum Gasteiger partial charge on any atom is 0.343 e. The highest BCUT2D eigenvalue weighted by Gasteiger charge is 2.11. The lowest BCUT2D eigenvalue weighted by Crippen LogP contribution is -2.09. The van der Waals surface area contributed by atoms with Gasteiger partial charge in [0.1, 0.15) is 11.5 Å². The van der Waals surface area contributed by atoms with Gasteiger partial charge < -0.3 is 9.47 Å². The summed E-state index contributed by atoms with van der Waals surface area (Å²) < 4.78 is 11.0. The number of hydrogen-bond donors (Lipinski definition) is 0. The van der Waals surface area contributed by atoms with Crippen LogP contribution in [-0.2, 0) is 4.79 Å². The monoisotopic (exact) mass is 382 g/mol. The third kappa shape index (κ3) is 3.80. The second-order valence-corrected chi connectivity index (χ2v) is 5.10. The third-order valence-electron chi connectivity index (χ3n) is 2.38. The van der Waals surface area contributed by atoms with Crippen LogP contribution >= 0.6 is 22.6 Å². The van der Waals surface area contributed by atoms with Crippen molar-refractivity contribution >= 4 is 34.5 Å². The summed E-state index contributed by atoms with van der Waals surface area (Å²) in [5, 5.41) is 0. The predicted molar refractivity (Wildman–Crippen MR) is 81.9 cm³/mol. The Hall–Kier alpha value is -1.89. The quantitative estimate of drug-likeness (QED) is 0.464. The second-order valence-electron chi connectivity index (χ2n) is 3.94. The zero-order chi connectivity index (χ0) is 14.5. The number of ether oxygens (including phenoxy) is 2. The first-order chi connectivity index (χ1) is 9.56. The smallest absolute Gasteiger partial charge is 0.343 e. The van der Waals surface area contributed by atoms with Crippen LogP contribution in [-0.4, -0.2) is 11.9 Å². The van der Waals surface area contributed by atoms with E-state index in [0.29, 0.717) is 17.1 Å². The van der Waals surface area contributed by atoms with Gasteiger partial charge in [-0.3, -0.25) is 4.79 Å². The average Bonchev–Trinajstić information content (AvgIpc) is 2.43. The van der Waals surface area contributed by atoms with E-state index in [4.69, 9.17) is 9.47 Å². The van der Waals surface area contributed by atoms with Crippen molar-refractivity contribution in [2.24, 2.45) is 0 Å². The van der Waals surface area contributed by atoms with Crippen LogP contribution in [0.2, 0.25) is 0 Å². The Morgan fingerprint density at radius 1 is 1.00 bits per heavy atom. The topological polar surface area (TPSA) is 52.6 Å². The van der Waals surface area contributed by atoms with Gasteiger partial charge in [-0.15, -0.1) is 0 Å². The molecule has 0 aliphatic carbocycles. The molecule has 0 N–H and O–H groups in total. The first-order valence-electron chi connectivity index (χ1n) is 5.81. The molecule has 2 aromatic rings. The lowest BCUT2D eigenvalue weighted by Gasteiger charge is -2.08. The number of esters is 2. The summed E-state index contributed by atoms with van der Waals surface area (Å²) in [6.45, 7) is 1.32. The largest absolute Gasteiger partial charge is 0.425 e. The summed E-state index contributed by atoms with van der Waals surface area (Å²) >= 11 is 2.04. The van der Waals surface area contributed by atoms with Gasteiger partial charge in [-0.05, 0) is 46.9 Å². The molecule has 0 bridgehead atoms. The molecule has 0 atom stereocenters. The Bertz CT molecular complexity index is 638. The summed E-state index contributed by atoms with van der Waals surface area (Å²) in [5.74, 6) is -0.179. The highest BCUT2D eigenvalue weighted by atomic mass is 127. The second kappa shape index (κ2) is 6.51. The minimum absolute atomic E-state index is 0.329. The van der Waals surface area contributed by atoms with Gasteiger partial charge >= 0.3 is 11.9 Å². The molecular weight excluding hydrogens is 371 g/mol. The molecule has 0 heterocycles. The molecular formula is C15H11IO4. The SMILES string of the molecule is CC(=O)Oc1cc(OC(=O)c2ccccc2)ccc1I. The molecule has 0 amide bonds. The molecule has 0 aliphatic rings.